The fraction of sp³-hybridized carbons (Fsp3) is 0.625. The Morgan fingerprint density at radius 3 is 2.05 bits per heavy atom. The summed E-state index contributed by atoms with van der Waals surface area (Å²) in [5.41, 5.74) is 4.84. The van der Waals surface area contributed by atoms with Crippen LogP contribution in [0.2, 0.25) is 0 Å². The largest absolute Gasteiger partial charge is 0.493 e. The molecule has 124 valence electrons. The SMILES string of the molecule is COc1cc(C(F)(F)F)c(C2(CN)CCCCC2)cc1OC. The number of hydrogen-bond acceptors (Lipinski definition) is 3. The van der Waals surface area contributed by atoms with Gasteiger partial charge in [0.1, 0.15) is 0 Å². The number of methoxy groups -OCH3 is 2. The third kappa shape index (κ3) is 3.02. The summed E-state index contributed by atoms with van der Waals surface area (Å²) in [4.78, 5) is 0. The predicted molar refractivity (Wildman–Crippen MR) is 78.4 cm³/mol. The van der Waals surface area contributed by atoms with Crippen molar-refractivity contribution in [2.45, 2.75) is 43.7 Å². The van der Waals surface area contributed by atoms with E-state index in [0.717, 1.165) is 25.3 Å². The molecule has 0 spiro atoms. The summed E-state index contributed by atoms with van der Waals surface area (Å²) in [5, 5.41) is 0. The van der Waals surface area contributed by atoms with Crippen LogP contribution in [0.5, 0.6) is 11.5 Å². The molecule has 0 bridgehead atoms. The van der Waals surface area contributed by atoms with E-state index in [1.165, 1.54) is 20.3 Å². The fourth-order valence-corrected chi connectivity index (χ4v) is 3.36. The molecule has 1 aliphatic carbocycles. The highest BCUT2D eigenvalue weighted by molar-refractivity contribution is 5.51. The molecule has 0 radical (unpaired) electrons. The topological polar surface area (TPSA) is 44.5 Å². The van der Waals surface area contributed by atoms with Crippen LogP contribution in [0.3, 0.4) is 0 Å². The lowest BCUT2D eigenvalue weighted by Gasteiger charge is -2.38. The molecule has 1 fully saturated rings. The number of alkyl halides is 3. The average Bonchev–Trinajstić information content (AvgIpc) is 2.53. The Labute approximate surface area is 128 Å². The summed E-state index contributed by atoms with van der Waals surface area (Å²) in [6.45, 7) is 0.200. The van der Waals surface area contributed by atoms with Gasteiger partial charge in [-0.3, -0.25) is 0 Å². The molecular formula is C16H22F3NO2. The van der Waals surface area contributed by atoms with E-state index in [0.29, 0.717) is 18.6 Å². The van der Waals surface area contributed by atoms with Gasteiger partial charge in [-0.15, -0.1) is 0 Å². The van der Waals surface area contributed by atoms with Gasteiger partial charge in [0, 0.05) is 12.0 Å². The highest BCUT2D eigenvalue weighted by Crippen LogP contribution is 2.47. The van der Waals surface area contributed by atoms with Crippen molar-refractivity contribution >= 4 is 0 Å². The number of halogens is 3. The Bertz CT molecular complexity index is 523. The van der Waals surface area contributed by atoms with E-state index in [4.69, 9.17) is 15.2 Å². The van der Waals surface area contributed by atoms with Crippen LogP contribution >= 0.6 is 0 Å². The van der Waals surface area contributed by atoms with Crippen molar-refractivity contribution in [1.82, 2.24) is 0 Å². The van der Waals surface area contributed by atoms with Gasteiger partial charge in [0.25, 0.3) is 0 Å². The van der Waals surface area contributed by atoms with Crippen LogP contribution in [-0.4, -0.2) is 20.8 Å². The smallest absolute Gasteiger partial charge is 0.416 e. The maximum Gasteiger partial charge on any atom is 0.416 e. The third-order valence-electron chi connectivity index (χ3n) is 4.60. The maximum atomic E-state index is 13.5. The summed E-state index contributed by atoms with van der Waals surface area (Å²) in [7, 11) is 2.75. The van der Waals surface area contributed by atoms with Crippen molar-refractivity contribution < 1.29 is 22.6 Å². The normalized spacial score (nSPS) is 18.1. The molecule has 3 nitrogen and oxygen atoms in total. The van der Waals surface area contributed by atoms with Crippen LogP contribution in [0, 0.1) is 0 Å². The monoisotopic (exact) mass is 317 g/mol. The number of nitrogens with two attached hydrogens (primary N) is 1. The van der Waals surface area contributed by atoms with Crippen LogP contribution in [0.15, 0.2) is 12.1 Å². The Kier molecular flexibility index (Phi) is 4.90. The lowest BCUT2D eigenvalue weighted by atomic mass is 9.68. The van der Waals surface area contributed by atoms with Crippen molar-refractivity contribution in [3.63, 3.8) is 0 Å². The van der Waals surface area contributed by atoms with E-state index in [2.05, 4.69) is 0 Å². The quantitative estimate of drug-likeness (QED) is 0.916. The molecule has 22 heavy (non-hydrogen) atoms. The van der Waals surface area contributed by atoms with Crippen LogP contribution in [0.25, 0.3) is 0 Å². The third-order valence-corrected chi connectivity index (χ3v) is 4.60. The zero-order chi connectivity index (χ0) is 16.4. The molecular weight excluding hydrogens is 295 g/mol. The molecule has 1 aromatic carbocycles. The molecule has 0 aliphatic heterocycles. The Morgan fingerprint density at radius 1 is 1.05 bits per heavy atom. The van der Waals surface area contributed by atoms with Crippen molar-refractivity contribution in [2.24, 2.45) is 5.73 Å². The van der Waals surface area contributed by atoms with Gasteiger partial charge in [0.2, 0.25) is 0 Å². The van der Waals surface area contributed by atoms with Gasteiger partial charge in [-0.05, 0) is 30.5 Å². The molecule has 1 saturated carbocycles. The Hall–Kier alpha value is -1.43. The maximum absolute atomic E-state index is 13.5. The lowest BCUT2D eigenvalue weighted by molar-refractivity contribution is -0.139. The summed E-state index contributed by atoms with van der Waals surface area (Å²) in [6.07, 6.45) is -0.291. The molecule has 0 aromatic heterocycles. The van der Waals surface area contributed by atoms with E-state index in [-0.39, 0.29) is 17.9 Å². The Morgan fingerprint density at radius 2 is 1.59 bits per heavy atom. The number of rotatable bonds is 4. The van der Waals surface area contributed by atoms with Crippen molar-refractivity contribution in [3.8, 4) is 11.5 Å². The molecule has 1 aromatic rings. The van der Waals surface area contributed by atoms with E-state index in [1.54, 1.807) is 0 Å². The van der Waals surface area contributed by atoms with E-state index >= 15 is 0 Å². The van der Waals surface area contributed by atoms with Gasteiger partial charge in [0.05, 0.1) is 19.8 Å². The molecule has 0 unspecified atom stereocenters. The first-order valence-corrected chi connectivity index (χ1v) is 7.42. The van der Waals surface area contributed by atoms with Gasteiger partial charge in [-0.25, -0.2) is 0 Å². The second-order valence-corrected chi connectivity index (χ2v) is 5.80. The molecule has 1 aliphatic rings. The summed E-state index contributed by atoms with van der Waals surface area (Å²) in [5.74, 6) is 0.394. The molecule has 2 rings (SSSR count). The van der Waals surface area contributed by atoms with E-state index < -0.39 is 17.2 Å². The second kappa shape index (κ2) is 6.36. The summed E-state index contributed by atoms with van der Waals surface area (Å²) < 4.78 is 50.8. The molecule has 0 amide bonds. The van der Waals surface area contributed by atoms with Gasteiger partial charge >= 0.3 is 6.18 Å². The van der Waals surface area contributed by atoms with Crippen molar-refractivity contribution in [2.75, 3.05) is 20.8 Å². The highest BCUT2D eigenvalue weighted by Gasteiger charge is 2.42. The van der Waals surface area contributed by atoms with Crippen LogP contribution in [0.1, 0.15) is 43.2 Å². The summed E-state index contributed by atoms with van der Waals surface area (Å²) in [6, 6.07) is 2.49. The van der Waals surface area contributed by atoms with Gasteiger partial charge in [0.15, 0.2) is 11.5 Å². The fourth-order valence-electron chi connectivity index (χ4n) is 3.36. The number of hydrogen-bond donors (Lipinski definition) is 1. The molecule has 0 atom stereocenters. The molecule has 2 N–H and O–H groups in total. The molecule has 0 saturated heterocycles. The predicted octanol–water partition coefficient (Wildman–Crippen LogP) is 3.88. The highest BCUT2D eigenvalue weighted by atomic mass is 19.4. The zero-order valence-electron chi connectivity index (χ0n) is 12.9. The van der Waals surface area contributed by atoms with Crippen molar-refractivity contribution in [1.29, 1.82) is 0 Å². The lowest BCUT2D eigenvalue weighted by Crippen LogP contribution is -2.39. The van der Waals surface area contributed by atoms with Crippen LogP contribution in [0.4, 0.5) is 13.2 Å². The standard InChI is InChI=1S/C16H22F3NO2/c1-21-13-8-11(15(10-20)6-4-3-5-7-15)12(16(17,18)19)9-14(13)22-2/h8-9H,3-7,10,20H2,1-2H3. The molecule has 6 heteroatoms. The minimum absolute atomic E-state index is 0.0848. The average molecular weight is 317 g/mol. The number of ether oxygens (including phenoxy) is 2. The van der Waals surface area contributed by atoms with Gasteiger partial charge < -0.3 is 15.2 Å². The second-order valence-electron chi connectivity index (χ2n) is 5.80. The molecule has 0 heterocycles. The first-order valence-electron chi connectivity index (χ1n) is 7.42. The number of benzene rings is 1. The van der Waals surface area contributed by atoms with Gasteiger partial charge in [-0.1, -0.05) is 19.3 Å². The Balaban J connectivity index is 2.66. The first kappa shape index (κ1) is 16.9. The van der Waals surface area contributed by atoms with E-state index in [1.807, 2.05) is 0 Å². The van der Waals surface area contributed by atoms with Crippen LogP contribution < -0.4 is 15.2 Å². The minimum Gasteiger partial charge on any atom is -0.493 e. The van der Waals surface area contributed by atoms with Crippen LogP contribution in [-0.2, 0) is 11.6 Å². The summed E-state index contributed by atoms with van der Waals surface area (Å²) >= 11 is 0. The first-order chi connectivity index (χ1) is 10.4. The zero-order valence-corrected chi connectivity index (χ0v) is 12.9. The van der Waals surface area contributed by atoms with Crippen molar-refractivity contribution in [3.05, 3.63) is 23.3 Å². The minimum atomic E-state index is -4.45. The van der Waals surface area contributed by atoms with Gasteiger partial charge in [-0.2, -0.15) is 13.2 Å². The van der Waals surface area contributed by atoms with E-state index in [9.17, 15) is 13.2 Å².